The van der Waals surface area contributed by atoms with Gasteiger partial charge in [0.15, 0.2) is 5.76 Å². The molecule has 0 N–H and O–H groups in total. The Balaban J connectivity index is 1.68. The number of nitrogens with zero attached hydrogens (tertiary/aromatic N) is 1. The minimum Gasteiger partial charge on any atom is -0.451 e. The number of rotatable bonds is 5. The number of furan rings is 1. The first-order chi connectivity index (χ1) is 12.0. The summed E-state index contributed by atoms with van der Waals surface area (Å²) in [5, 5.41) is 0.591. The Morgan fingerprint density at radius 2 is 2.12 bits per heavy atom. The number of carbonyl (C=O) groups is 1. The van der Waals surface area contributed by atoms with E-state index in [2.05, 4.69) is 0 Å². The first-order valence-electron chi connectivity index (χ1n) is 8.42. The fraction of sp³-hybridized carbons (Fsp3) is 0.421. The van der Waals surface area contributed by atoms with E-state index in [-0.39, 0.29) is 18.1 Å². The van der Waals surface area contributed by atoms with Crippen molar-refractivity contribution < 1.29 is 18.7 Å². The van der Waals surface area contributed by atoms with Gasteiger partial charge in [-0.05, 0) is 38.1 Å². The number of ether oxygens (including phenoxy) is 2. The molecule has 2 heterocycles. The minimum absolute atomic E-state index is 0.113. The first kappa shape index (κ1) is 18.0. The molecule has 0 saturated carbocycles. The lowest BCUT2D eigenvalue weighted by Gasteiger charge is -2.32. The molecule has 1 aromatic carbocycles. The van der Waals surface area contributed by atoms with Crippen LogP contribution in [-0.2, 0) is 9.47 Å². The van der Waals surface area contributed by atoms with Gasteiger partial charge < -0.3 is 18.8 Å². The molecule has 5 nitrogen and oxygen atoms in total. The molecule has 0 radical (unpaired) electrons. The van der Waals surface area contributed by atoms with E-state index in [0.717, 1.165) is 5.56 Å². The lowest BCUT2D eigenvalue weighted by molar-refractivity contribution is -0.0729. The Morgan fingerprint density at radius 1 is 1.32 bits per heavy atom. The summed E-state index contributed by atoms with van der Waals surface area (Å²) in [5.41, 5.74) is 0.772. The van der Waals surface area contributed by atoms with Gasteiger partial charge in [-0.1, -0.05) is 23.7 Å². The molecule has 1 aliphatic heterocycles. The number of amides is 1. The standard InChI is InChI=1S/C19H22ClNO4/c1-13(2)24-12-14-11-21(9-10-23-14)19(22)18-8-7-17(25-18)15-5-3-4-6-16(15)20/h3-8,13-14H,9-12H2,1-2H3. The van der Waals surface area contributed by atoms with Gasteiger partial charge in [0.1, 0.15) is 5.76 Å². The molecule has 1 unspecified atom stereocenters. The summed E-state index contributed by atoms with van der Waals surface area (Å²) >= 11 is 6.19. The molecule has 1 atom stereocenters. The zero-order valence-electron chi connectivity index (χ0n) is 14.4. The molecule has 6 heteroatoms. The summed E-state index contributed by atoms with van der Waals surface area (Å²) < 4.78 is 17.0. The van der Waals surface area contributed by atoms with Crippen molar-refractivity contribution in [1.82, 2.24) is 4.90 Å². The van der Waals surface area contributed by atoms with E-state index in [0.29, 0.717) is 42.8 Å². The van der Waals surface area contributed by atoms with Crippen molar-refractivity contribution in [2.45, 2.75) is 26.1 Å². The molecule has 1 saturated heterocycles. The highest BCUT2D eigenvalue weighted by atomic mass is 35.5. The molecular weight excluding hydrogens is 342 g/mol. The SMILES string of the molecule is CC(C)OCC1CN(C(=O)c2ccc(-c3ccccc3Cl)o2)CCO1. The van der Waals surface area contributed by atoms with Crippen molar-refractivity contribution in [3.63, 3.8) is 0 Å². The van der Waals surface area contributed by atoms with E-state index in [4.69, 9.17) is 25.5 Å². The number of hydrogen-bond donors (Lipinski definition) is 0. The van der Waals surface area contributed by atoms with Crippen LogP contribution >= 0.6 is 11.6 Å². The quantitative estimate of drug-likeness (QED) is 0.809. The van der Waals surface area contributed by atoms with Gasteiger partial charge in [0.25, 0.3) is 5.91 Å². The number of morpholine rings is 1. The first-order valence-corrected chi connectivity index (χ1v) is 8.79. The van der Waals surface area contributed by atoms with Gasteiger partial charge in [-0.2, -0.15) is 0 Å². The van der Waals surface area contributed by atoms with Crippen molar-refractivity contribution in [3.8, 4) is 11.3 Å². The van der Waals surface area contributed by atoms with E-state index in [9.17, 15) is 4.79 Å². The van der Waals surface area contributed by atoms with Crippen LogP contribution in [0.2, 0.25) is 5.02 Å². The van der Waals surface area contributed by atoms with Crippen LogP contribution in [0.3, 0.4) is 0 Å². The van der Waals surface area contributed by atoms with Gasteiger partial charge in [-0.15, -0.1) is 0 Å². The van der Waals surface area contributed by atoms with Crippen molar-refractivity contribution in [3.05, 3.63) is 47.2 Å². The van der Waals surface area contributed by atoms with E-state index in [1.54, 1.807) is 23.1 Å². The van der Waals surface area contributed by atoms with Crippen LogP contribution in [0.5, 0.6) is 0 Å². The zero-order valence-corrected chi connectivity index (χ0v) is 15.2. The predicted molar refractivity (Wildman–Crippen MR) is 95.9 cm³/mol. The second-order valence-corrected chi connectivity index (χ2v) is 6.68. The number of carbonyl (C=O) groups excluding carboxylic acids is 1. The maximum absolute atomic E-state index is 12.7. The minimum atomic E-state index is -0.142. The maximum atomic E-state index is 12.7. The van der Waals surface area contributed by atoms with Crippen molar-refractivity contribution in [2.75, 3.05) is 26.3 Å². The topological polar surface area (TPSA) is 51.9 Å². The van der Waals surface area contributed by atoms with Crippen molar-refractivity contribution in [2.24, 2.45) is 0 Å². The Kier molecular flexibility index (Phi) is 5.78. The molecule has 0 bridgehead atoms. The maximum Gasteiger partial charge on any atom is 0.289 e. The molecule has 3 rings (SSSR count). The van der Waals surface area contributed by atoms with Crippen LogP contribution < -0.4 is 0 Å². The van der Waals surface area contributed by atoms with Crippen LogP contribution in [0.1, 0.15) is 24.4 Å². The lowest BCUT2D eigenvalue weighted by atomic mass is 10.2. The second kappa shape index (κ2) is 8.04. The lowest BCUT2D eigenvalue weighted by Crippen LogP contribution is -2.47. The summed E-state index contributed by atoms with van der Waals surface area (Å²) in [6.45, 7) is 5.96. The summed E-state index contributed by atoms with van der Waals surface area (Å²) in [5.74, 6) is 0.749. The molecule has 1 fully saturated rings. The highest BCUT2D eigenvalue weighted by molar-refractivity contribution is 6.33. The Labute approximate surface area is 152 Å². The molecule has 0 spiro atoms. The Morgan fingerprint density at radius 3 is 2.88 bits per heavy atom. The predicted octanol–water partition coefficient (Wildman–Crippen LogP) is 3.87. The molecule has 134 valence electrons. The molecule has 1 aromatic heterocycles. The van der Waals surface area contributed by atoms with Gasteiger partial charge in [0, 0.05) is 18.7 Å². The van der Waals surface area contributed by atoms with Crippen molar-refractivity contribution in [1.29, 1.82) is 0 Å². The monoisotopic (exact) mass is 363 g/mol. The van der Waals surface area contributed by atoms with Crippen LogP contribution in [0.4, 0.5) is 0 Å². The highest BCUT2D eigenvalue weighted by Gasteiger charge is 2.27. The molecule has 1 amide bonds. The summed E-state index contributed by atoms with van der Waals surface area (Å²) in [6, 6.07) is 10.9. The van der Waals surface area contributed by atoms with Crippen LogP contribution in [0, 0.1) is 0 Å². The Bertz CT molecular complexity index is 728. The average Bonchev–Trinajstić information content (AvgIpc) is 3.10. The van der Waals surface area contributed by atoms with Gasteiger partial charge in [0.2, 0.25) is 0 Å². The number of halogens is 1. The fourth-order valence-corrected chi connectivity index (χ4v) is 2.95. The third-order valence-electron chi connectivity index (χ3n) is 4.00. The van der Waals surface area contributed by atoms with Crippen LogP contribution in [0.15, 0.2) is 40.8 Å². The van der Waals surface area contributed by atoms with Gasteiger partial charge in [-0.3, -0.25) is 4.79 Å². The fourth-order valence-electron chi connectivity index (χ4n) is 2.72. The van der Waals surface area contributed by atoms with Gasteiger partial charge >= 0.3 is 0 Å². The van der Waals surface area contributed by atoms with E-state index >= 15 is 0 Å². The van der Waals surface area contributed by atoms with Crippen molar-refractivity contribution >= 4 is 17.5 Å². The molecule has 1 aliphatic rings. The molecule has 0 aliphatic carbocycles. The molecule has 2 aromatic rings. The van der Waals surface area contributed by atoms with E-state index < -0.39 is 0 Å². The van der Waals surface area contributed by atoms with Gasteiger partial charge in [0.05, 0.1) is 30.4 Å². The highest BCUT2D eigenvalue weighted by Crippen LogP contribution is 2.29. The normalized spacial score (nSPS) is 17.9. The summed E-state index contributed by atoms with van der Waals surface area (Å²) in [6.07, 6.45) is 0.0241. The van der Waals surface area contributed by atoms with Gasteiger partial charge in [-0.25, -0.2) is 0 Å². The van der Waals surface area contributed by atoms with Crippen LogP contribution in [-0.4, -0.2) is 49.3 Å². The number of hydrogen-bond acceptors (Lipinski definition) is 4. The third kappa shape index (κ3) is 4.42. The van der Waals surface area contributed by atoms with Crippen LogP contribution in [0.25, 0.3) is 11.3 Å². The number of benzene rings is 1. The smallest absolute Gasteiger partial charge is 0.289 e. The molecular formula is C19H22ClNO4. The average molecular weight is 364 g/mol. The van der Waals surface area contributed by atoms with E-state index in [1.165, 1.54) is 0 Å². The molecule has 25 heavy (non-hydrogen) atoms. The Hall–Kier alpha value is -1.82. The largest absolute Gasteiger partial charge is 0.451 e. The summed E-state index contributed by atoms with van der Waals surface area (Å²) in [7, 11) is 0. The zero-order chi connectivity index (χ0) is 17.8. The summed E-state index contributed by atoms with van der Waals surface area (Å²) in [4.78, 5) is 14.5. The third-order valence-corrected chi connectivity index (χ3v) is 4.33. The second-order valence-electron chi connectivity index (χ2n) is 6.27. The van der Waals surface area contributed by atoms with E-state index in [1.807, 2.05) is 32.0 Å².